The Bertz CT molecular complexity index is 1700. The summed E-state index contributed by atoms with van der Waals surface area (Å²) in [5.74, 6) is -0.505. The number of hydrogen-bond donors (Lipinski definition) is 3. The SMILES string of the molecule is CC(C)(C)OC(=O)NC1CCC(Nc2c(C(N)=Nc3cc(F)ccc3Cl)cnn3cc(-c4cncnc4C(F)F)cc23)CC1. The van der Waals surface area contributed by atoms with Crippen molar-refractivity contribution in [2.45, 2.75) is 70.6 Å². The molecular weight excluding hydrogens is 597 g/mol. The van der Waals surface area contributed by atoms with Gasteiger partial charge in [0, 0.05) is 41.7 Å². The molecular formula is C30H32ClF3N8O2. The van der Waals surface area contributed by atoms with E-state index in [9.17, 15) is 18.0 Å². The normalized spacial score (nSPS) is 17.6. The summed E-state index contributed by atoms with van der Waals surface area (Å²) in [7, 11) is 0. The Morgan fingerprint density at radius 3 is 2.59 bits per heavy atom. The van der Waals surface area contributed by atoms with Gasteiger partial charge in [-0.2, -0.15) is 5.10 Å². The van der Waals surface area contributed by atoms with Crippen LogP contribution in [0.2, 0.25) is 5.02 Å². The zero-order chi connectivity index (χ0) is 31.6. The average Bonchev–Trinajstić information content (AvgIpc) is 3.40. The molecule has 3 heterocycles. The fourth-order valence-corrected chi connectivity index (χ4v) is 5.27. The largest absolute Gasteiger partial charge is 0.444 e. The predicted molar refractivity (Wildman–Crippen MR) is 162 cm³/mol. The van der Waals surface area contributed by atoms with Gasteiger partial charge in [-0.15, -0.1) is 0 Å². The lowest BCUT2D eigenvalue weighted by Gasteiger charge is -2.31. The minimum absolute atomic E-state index is 0.0225. The van der Waals surface area contributed by atoms with Crippen molar-refractivity contribution in [3.8, 4) is 11.1 Å². The number of aromatic nitrogens is 4. The Kier molecular flexibility index (Phi) is 8.95. The molecule has 1 amide bonds. The van der Waals surface area contributed by atoms with Gasteiger partial charge in [0.1, 0.15) is 29.3 Å². The van der Waals surface area contributed by atoms with Crippen LogP contribution >= 0.6 is 11.6 Å². The Hall–Kier alpha value is -4.39. The molecule has 1 aliphatic carbocycles. The van der Waals surface area contributed by atoms with E-state index in [1.165, 1.54) is 30.6 Å². The first-order chi connectivity index (χ1) is 20.9. The number of rotatable bonds is 7. The molecule has 0 saturated heterocycles. The van der Waals surface area contributed by atoms with Crippen LogP contribution in [-0.4, -0.2) is 49.2 Å². The number of benzene rings is 1. The molecule has 4 N–H and O–H groups in total. The van der Waals surface area contributed by atoms with Crippen molar-refractivity contribution in [1.82, 2.24) is 24.9 Å². The van der Waals surface area contributed by atoms with Gasteiger partial charge in [-0.25, -0.2) is 37.4 Å². The van der Waals surface area contributed by atoms with Crippen molar-refractivity contribution in [3.05, 3.63) is 71.3 Å². The summed E-state index contributed by atoms with van der Waals surface area (Å²) in [6.45, 7) is 5.43. The molecule has 0 unspecified atom stereocenters. The summed E-state index contributed by atoms with van der Waals surface area (Å²) >= 11 is 6.24. The highest BCUT2D eigenvalue weighted by Crippen LogP contribution is 2.35. The number of alkyl carbamates (subject to hydrolysis) is 1. The number of anilines is 1. The minimum atomic E-state index is -2.81. The molecule has 4 aromatic rings. The molecule has 0 spiro atoms. The molecule has 0 bridgehead atoms. The van der Waals surface area contributed by atoms with Gasteiger partial charge in [0.15, 0.2) is 0 Å². The van der Waals surface area contributed by atoms with Crippen LogP contribution in [0.25, 0.3) is 16.6 Å². The van der Waals surface area contributed by atoms with Crippen LogP contribution in [-0.2, 0) is 4.74 Å². The Balaban J connectivity index is 1.49. The number of nitrogens with zero attached hydrogens (tertiary/aromatic N) is 5. The highest BCUT2D eigenvalue weighted by Gasteiger charge is 2.27. The predicted octanol–water partition coefficient (Wildman–Crippen LogP) is 6.81. The van der Waals surface area contributed by atoms with Crippen molar-refractivity contribution in [2.24, 2.45) is 10.7 Å². The molecule has 232 valence electrons. The Morgan fingerprint density at radius 1 is 1.16 bits per heavy atom. The molecule has 44 heavy (non-hydrogen) atoms. The highest BCUT2D eigenvalue weighted by atomic mass is 35.5. The standard InChI is InChI=1S/C30H32ClF3N8O2/c1-30(2,3)44-29(43)40-19-7-5-18(6-8-19)39-25-21(28(35)41-23-11-17(32)4-9-22(23)31)13-38-42-14-16(10-24(25)42)20-12-36-15-37-26(20)27(33)34/h4,9-15,18-19,27,39H,5-8H2,1-3H3,(H2,35,41)(H,40,43). The lowest BCUT2D eigenvalue weighted by atomic mass is 9.91. The number of ether oxygens (including phenoxy) is 1. The summed E-state index contributed by atoms with van der Waals surface area (Å²) in [6, 6.07) is 5.39. The molecule has 0 atom stereocenters. The number of carbonyl (C=O) groups excluding carboxylic acids is 1. The summed E-state index contributed by atoms with van der Waals surface area (Å²) in [4.78, 5) is 24.4. The first kappa shape index (κ1) is 31.0. The third-order valence-electron chi connectivity index (χ3n) is 7.12. The van der Waals surface area contributed by atoms with Gasteiger partial charge < -0.3 is 21.1 Å². The van der Waals surface area contributed by atoms with Gasteiger partial charge in [0.2, 0.25) is 0 Å². The summed E-state index contributed by atoms with van der Waals surface area (Å²) in [5, 5.41) is 11.1. The topological polar surface area (TPSA) is 132 Å². The van der Waals surface area contributed by atoms with Gasteiger partial charge in [0.05, 0.1) is 33.7 Å². The fraction of sp³-hybridized carbons (Fsp3) is 0.367. The van der Waals surface area contributed by atoms with E-state index >= 15 is 0 Å². The number of alkyl halides is 2. The van der Waals surface area contributed by atoms with Crippen LogP contribution in [0.15, 0.2) is 54.2 Å². The number of amidine groups is 1. The van der Waals surface area contributed by atoms with Crippen LogP contribution in [0.4, 0.5) is 29.3 Å². The van der Waals surface area contributed by atoms with E-state index in [-0.39, 0.29) is 34.2 Å². The van der Waals surface area contributed by atoms with E-state index in [2.05, 4.69) is 30.7 Å². The Labute approximate surface area is 256 Å². The van der Waals surface area contributed by atoms with Crippen LogP contribution in [0.5, 0.6) is 0 Å². The number of nitrogens with two attached hydrogens (primary N) is 1. The van der Waals surface area contributed by atoms with E-state index in [0.29, 0.717) is 48.0 Å². The van der Waals surface area contributed by atoms with E-state index in [4.69, 9.17) is 22.1 Å². The molecule has 1 aromatic carbocycles. The second-order valence-corrected chi connectivity index (χ2v) is 12.0. The van der Waals surface area contributed by atoms with E-state index < -0.39 is 29.6 Å². The van der Waals surface area contributed by atoms with Crippen LogP contribution < -0.4 is 16.4 Å². The molecule has 5 rings (SSSR count). The second-order valence-electron chi connectivity index (χ2n) is 11.5. The molecule has 0 aliphatic heterocycles. The monoisotopic (exact) mass is 628 g/mol. The second kappa shape index (κ2) is 12.7. The van der Waals surface area contributed by atoms with Crippen LogP contribution in [0.3, 0.4) is 0 Å². The molecule has 10 nitrogen and oxygen atoms in total. The van der Waals surface area contributed by atoms with Gasteiger partial charge in [-0.3, -0.25) is 0 Å². The number of hydrogen-bond acceptors (Lipinski definition) is 7. The molecule has 1 fully saturated rings. The van der Waals surface area contributed by atoms with Gasteiger partial charge in [-0.1, -0.05) is 11.6 Å². The smallest absolute Gasteiger partial charge is 0.407 e. The molecule has 1 aliphatic rings. The van der Waals surface area contributed by atoms with E-state index in [1.807, 2.05) is 20.8 Å². The zero-order valence-corrected chi connectivity index (χ0v) is 25.1. The summed E-state index contributed by atoms with van der Waals surface area (Å²) < 4.78 is 48.4. The zero-order valence-electron chi connectivity index (χ0n) is 24.3. The minimum Gasteiger partial charge on any atom is -0.444 e. The van der Waals surface area contributed by atoms with Crippen molar-refractivity contribution in [2.75, 3.05) is 5.32 Å². The lowest BCUT2D eigenvalue weighted by molar-refractivity contribution is 0.0492. The van der Waals surface area contributed by atoms with E-state index in [1.54, 1.807) is 16.8 Å². The highest BCUT2D eigenvalue weighted by molar-refractivity contribution is 6.33. The van der Waals surface area contributed by atoms with Crippen molar-refractivity contribution >= 4 is 40.4 Å². The third-order valence-corrected chi connectivity index (χ3v) is 7.44. The van der Waals surface area contributed by atoms with Gasteiger partial charge in [0.25, 0.3) is 6.43 Å². The lowest BCUT2D eigenvalue weighted by Crippen LogP contribution is -2.42. The molecule has 14 heteroatoms. The average molecular weight is 629 g/mol. The quantitative estimate of drug-likeness (QED) is 0.151. The van der Waals surface area contributed by atoms with Crippen LogP contribution in [0.1, 0.15) is 64.1 Å². The molecule has 1 saturated carbocycles. The van der Waals surface area contributed by atoms with Crippen molar-refractivity contribution in [3.63, 3.8) is 0 Å². The van der Waals surface area contributed by atoms with E-state index in [0.717, 1.165) is 6.33 Å². The number of amides is 1. The van der Waals surface area contributed by atoms with Gasteiger partial charge in [-0.05, 0) is 64.7 Å². The fourth-order valence-electron chi connectivity index (χ4n) is 5.11. The number of halogens is 4. The third kappa shape index (κ3) is 7.21. The maximum Gasteiger partial charge on any atom is 0.407 e. The molecule has 0 radical (unpaired) electrons. The number of fused-ring (bicyclic) bond motifs is 1. The van der Waals surface area contributed by atoms with Crippen LogP contribution in [0, 0.1) is 5.82 Å². The summed E-state index contributed by atoms with van der Waals surface area (Å²) in [5.41, 5.74) is 7.71. The summed E-state index contributed by atoms with van der Waals surface area (Å²) in [6.07, 6.45) is 5.05. The number of nitrogens with one attached hydrogen (secondary N) is 2. The number of aliphatic imine (C=N–C) groups is 1. The van der Waals surface area contributed by atoms with Gasteiger partial charge >= 0.3 is 6.09 Å². The maximum absolute atomic E-state index is 13.9. The first-order valence-electron chi connectivity index (χ1n) is 14.0. The van der Waals surface area contributed by atoms with Crippen molar-refractivity contribution in [1.29, 1.82) is 0 Å². The first-order valence-corrected chi connectivity index (χ1v) is 14.4. The Morgan fingerprint density at radius 2 is 1.89 bits per heavy atom. The number of carbonyl (C=O) groups is 1. The van der Waals surface area contributed by atoms with Crippen molar-refractivity contribution < 1.29 is 22.7 Å². The molecule has 3 aromatic heterocycles. The maximum atomic E-state index is 13.9.